The smallest absolute Gasteiger partial charge is 0.335 e. The third-order valence-corrected chi connectivity index (χ3v) is 20.7. The van der Waals surface area contributed by atoms with Gasteiger partial charge in [-0.05, 0) is 86.4 Å². The molecule has 77 heavy (non-hydrogen) atoms. The summed E-state index contributed by atoms with van der Waals surface area (Å²) in [6.45, 7) is 16.3. The molecular formula is C54H84O23. The molecule has 3 aliphatic heterocycles. The summed E-state index contributed by atoms with van der Waals surface area (Å²) in [7, 11) is 0. The summed E-state index contributed by atoms with van der Waals surface area (Å²) in [5.41, 5.74) is -4.51. The lowest BCUT2D eigenvalue weighted by atomic mass is 9.32. The summed E-state index contributed by atoms with van der Waals surface area (Å²) >= 11 is 0. The van der Waals surface area contributed by atoms with Gasteiger partial charge in [0.15, 0.2) is 31.1 Å². The molecular weight excluding hydrogens is 1020 g/mol. The van der Waals surface area contributed by atoms with Crippen molar-refractivity contribution in [2.24, 2.45) is 50.2 Å². The predicted molar refractivity (Wildman–Crippen MR) is 263 cm³/mol. The van der Waals surface area contributed by atoms with E-state index in [2.05, 4.69) is 19.9 Å². The van der Waals surface area contributed by atoms with Crippen LogP contribution in [0.25, 0.3) is 0 Å². The molecule has 23 nitrogen and oxygen atoms in total. The lowest BCUT2D eigenvalue weighted by Gasteiger charge is -2.73. The van der Waals surface area contributed by atoms with E-state index in [1.165, 1.54) is 6.92 Å². The second-order valence-corrected chi connectivity index (χ2v) is 25.2. The van der Waals surface area contributed by atoms with Crippen LogP contribution in [0.15, 0.2) is 23.3 Å². The monoisotopic (exact) mass is 1100 g/mol. The van der Waals surface area contributed by atoms with Gasteiger partial charge in [0.1, 0.15) is 67.1 Å². The Hall–Kier alpha value is -2.79. The van der Waals surface area contributed by atoms with E-state index in [9.17, 15) is 75.7 Å². The molecule has 0 unspecified atom stereocenters. The molecule has 8 aliphatic rings. The maximum absolute atomic E-state index is 13.4. The molecule has 0 spiro atoms. The fourth-order valence-electron chi connectivity index (χ4n) is 16.1. The third-order valence-electron chi connectivity index (χ3n) is 20.7. The number of ether oxygens (including phenoxy) is 8. The molecule has 3 saturated heterocycles. The first-order chi connectivity index (χ1) is 35.9. The topological polar surface area (TPSA) is 368 Å². The Kier molecular flexibility index (Phi) is 16.8. The van der Waals surface area contributed by atoms with Crippen LogP contribution < -0.4 is 0 Å². The Bertz CT molecular complexity index is 2250. The van der Waals surface area contributed by atoms with Crippen LogP contribution in [-0.4, -0.2) is 216 Å². The van der Waals surface area contributed by atoms with Crippen molar-refractivity contribution in [3.63, 3.8) is 0 Å². The van der Waals surface area contributed by atoms with E-state index in [1.807, 2.05) is 34.6 Å². The zero-order valence-corrected chi connectivity index (χ0v) is 45.6. The minimum Gasteiger partial charge on any atom is -0.479 e. The van der Waals surface area contributed by atoms with Crippen molar-refractivity contribution in [3.05, 3.63) is 23.3 Å². The summed E-state index contributed by atoms with van der Waals surface area (Å²) in [6, 6.07) is 0. The molecule has 23 heteroatoms. The highest BCUT2D eigenvalue weighted by molar-refractivity contribution is 5.87. The van der Waals surface area contributed by atoms with Crippen molar-refractivity contribution in [2.75, 3.05) is 19.8 Å². The van der Waals surface area contributed by atoms with Gasteiger partial charge in [-0.1, -0.05) is 66.2 Å². The summed E-state index contributed by atoms with van der Waals surface area (Å²) in [4.78, 5) is 39.3. The quantitative estimate of drug-likeness (QED) is 0.0470. The minimum absolute atomic E-state index is 0.141. The van der Waals surface area contributed by atoms with Gasteiger partial charge in [0.05, 0.1) is 43.5 Å². The number of carboxylic acids is 1. The van der Waals surface area contributed by atoms with Crippen LogP contribution in [-0.2, 0) is 52.3 Å². The van der Waals surface area contributed by atoms with Crippen molar-refractivity contribution in [3.8, 4) is 0 Å². The van der Waals surface area contributed by atoms with Gasteiger partial charge in [-0.15, -0.1) is 0 Å². The van der Waals surface area contributed by atoms with Crippen molar-refractivity contribution < 1.29 is 114 Å². The molecule has 0 aromatic heterocycles. The van der Waals surface area contributed by atoms with Gasteiger partial charge in [0.25, 0.3) is 0 Å². The highest BCUT2D eigenvalue weighted by atomic mass is 16.8. The number of hydrogen-bond donors (Lipinski definition) is 12. The van der Waals surface area contributed by atoms with Gasteiger partial charge in [-0.25, -0.2) is 9.59 Å². The van der Waals surface area contributed by atoms with Crippen LogP contribution >= 0.6 is 0 Å². The van der Waals surface area contributed by atoms with E-state index in [0.717, 1.165) is 5.57 Å². The Labute approximate surface area is 448 Å². The average Bonchev–Trinajstić information content (AvgIpc) is 3.65. The SMILES string of the molecule is C/C=C(/C)C(=O)O[C@H]1[C@H](OC(C)=O)[C@]2(CO)[C@H](O)[C@H](O)[C@]3(C)C(=CC[C@@H]4[C@@]5(C)CC[C@H](O[C@@H]6O[C@H](C(=O)O)[C@@H](O)[C@H](O[C@@H]7O[C@@H](CO)[C@H](O)[C@H]7O)[C@H]6O[C@@H]6O[C@H](CO)[C@@H](O)[C@H](O)[C@H]6O)C(C)(C)[C@@H]5CC[C@]43C)[C@@H]2CC1(C)C. The number of fused-ring (bicyclic) bond motifs is 7. The van der Waals surface area contributed by atoms with Crippen LogP contribution in [0.4, 0.5) is 0 Å². The van der Waals surface area contributed by atoms with Gasteiger partial charge in [0.2, 0.25) is 0 Å². The van der Waals surface area contributed by atoms with E-state index in [0.29, 0.717) is 44.1 Å². The fourth-order valence-corrected chi connectivity index (χ4v) is 16.1. The molecule has 0 aromatic rings. The molecule has 12 N–H and O–H groups in total. The fraction of sp³-hybridized carbons (Fsp3) is 0.870. The van der Waals surface area contributed by atoms with E-state index in [-0.39, 0.29) is 11.8 Å². The van der Waals surface area contributed by atoms with Gasteiger partial charge in [-0.2, -0.15) is 0 Å². The zero-order valence-electron chi connectivity index (χ0n) is 45.6. The predicted octanol–water partition coefficient (Wildman–Crippen LogP) is -0.684. The molecule has 0 aromatic carbocycles. The van der Waals surface area contributed by atoms with E-state index < -0.39 is 193 Å². The first-order valence-electron chi connectivity index (χ1n) is 27.0. The third kappa shape index (κ3) is 9.35. The molecule has 4 saturated carbocycles. The Morgan fingerprint density at radius 3 is 1.82 bits per heavy atom. The molecule has 0 radical (unpaired) electrons. The van der Waals surface area contributed by atoms with Gasteiger partial charge >= 0.3 is 17.9 Å². The standard InChI is InChI=1S/C54H84O23/c1-11-22(2)45(69)77-42-43(70-23(3)58)54(21-57)25(18-49(42,4)5)24-12-13-29-51(8)16-15-30(50(6,7)28(51)14-17-52(29,9)53(24,10)40(65)41(54)66)73-48-39(76-47-35(63)33(61)31(59)26(19-55)71-47)37(36(64)38(75-48)44(67)68)74-46-34(62)32(60)27(20-56)72-46/h11-12,25-43,46-48,55-57,59-66H,13-21H2,1-10H3,(H,67,68)/b22-11-/t25-,26+,27-,28-,29+,30-,31+,32-,33-,34+,35+,36-,37-,38-,39+,40-,41+,42-,43-,46-,47-,48+,51-,52+,53-,54-/m0/s1. The van der Waals surface area contributed by atoms with Crippen LogP contribution in [0.3, 0.4) is 0 Å². The first-order valence-corrected chi connectivity index (χ1v) is 27.0. The number of allylic oxidation sites excluding steroid dienone is 2. The lowest BCUT2D eigenvalue weighted by molar-refractivity contribution is -0.386. The molecule has 26 atom stereocenters. The number of esters is 2. The number of aliphatic hydroxyl groups is 11. The summed E-state index contributed by atoms with van der Waals surface area (Å²) < 4.78 is 48.6. The Morgan fingerprint density at radius 1 is 0.675 bits per heavy atom. The Balaban J connectivity index is 1.13. The van der Waals surface area contributed by atoms with E-state index in [4.69, 9.17) is 37.9 Å². The normalized spacial score (nSPS) is 50.2. The molecule has 0 bridgehead atoms. The van der Waals surface area contributed by atoms with Crippen molar-refractivity contribution in [1.29, 1.82) is 0 Å². The number of hydrogen-bond acceptors (Lipinski definition) is 22. The molecule has 7 fully saturated rings. The van der Waals surface area contributed by atoms with Crippen molar-refractivity contribution in [1.82, 2.24) is 0 Å². The maximum atomic E-state index is 13.4. The van der Waals surface area contributed by atoms with Crippen LogP contribution in [0.1, 0.15) is 108 Å². The second-order valence-electron chi connectivity index (χ2n) is 25.2. The Morgan fingerprint density at radius 2 is 1.26 bits per heavy atom. The maximum Gasteiger partial charge on any atom is 0.335 e. The highest BCUT2D eigenvalue weighted by Crippen LogP contribution is 2.76. The van der Waals surface area contributed by atoms with E-state index in [1.54, 1.807) is 19.9 Å². The summed E-state index contributed by atoms with van der Waals surface area (Å²) in [5.74, 6) is -3.94. The number of aliphatic hydroxyl groups excluding tert-OH is 11. The zero-order chi connectivity index (χ0) is 57.0. The number of aliphatic carboxylic acids is 1. The largest absolute Gasteiger partial charge is 0.479 e. The summed E-state index contributed by atoms with van der Waals surface area (Å²) in [5, 5.41) is 133. The van der Waals surface area contributed by atoms with E-state index >= 15 is 0 Å². The van der Waals surface area contributed by atoms with Gasteiger partial charge in [0, 0.05) is 23.3 Å². The molecule has 5 aliphatic carbocycles. The number of carbonyl (C=O) groups excluding carboxylic acids is 2. The highest BCUT2D eigenvalue weighted by Gasteiger charge is 2.76. The molecule has 438 valence electrons. The lowest BCUT2D eigenvalue weighted by Crippen LogP contribution is -2.76. The van der Waals surface area contributed by atoms with Crippen LogP contribution in [0, 0.1) is 50.2 Å². The van der Waals surface area contributed by atoms with Crippen LogP contribution in [0.5, 0.6) is 0 Å². The van der Waals surface area contributed by atoms with Crippen molar-refractivity contribution >= 4 is 17.9 Å². The first kappa shape index (κ1) is 60.3. The number of carboxylic acid groups (broad SMARTS) is 1. The average molecular weight is 1100 g/mol. The molecule has 0 amide bonds. The van der Waals surface area contributed by atoms with Crippen molar-refractivity contribution in [2.45, 2.75) is 224 Å². The summed E-state index contributed by atoms with van der Waals surface area (Å²) in [6.07, 6.45) is -25.3. The van der Waals surface area contributed by atoms with Crippen LogP contribution in [0.2, 0.25) is 0 Å². The molecule has 3 heterocycles. The number of rotatable bonds is 13. The van der Waals surface area contributed by atoms with Gasteiger partial charge < -0.3 is 99.2 Å². The minimum atomic E-state index is -2.12. The van der Waals surface area contributed by atoms with Gasteiger partial charge in [-0.3, -0.25) is 4.79 Å². The second kappa shape index (κ2) is 21.5. The number of carbonyl (C=O) groups is 3. The molecule has 8 rings (SSSR count).